The van der Waals surface area contributed by atoms with Gasteiger partial charge < -0.3 is 15.5 Å². The quantitative estimate of drug-likeness (QED) is 0.520. The van der Waals surface area contributed by atoms with E-state index in [9.17, 15) is 4.79 Å². The molecule has 1 aliphatic heterocycles. The number of rotatable bonds is 8. The molecule has 6 nitrogen and oxygen atoms in total. The molecule has 0 radical (unpaired) electrons. The van der Waals surface area contributed by atoms with Crippen LogP contribution in [0.1, 0.15) is 17.7 Å². The molecule has 0 unspecified atom stereocenters. The summed E-state index contributed by atoms with van der Waals surface area (Å²) in [5.74, 6) is -0.124. The molecule has 1 fully saturated rings. The highest BCUT2D eigenvalue weighted by molar-refractivity contribution is 8.18. The molecule has 1 aromatic carbocycles. The van der Waals surface area contributed by atoms with Crippen LogP contribution < -0.4 is 10.6 Å². The fourth-order valence-corrected chi connectivity index (χ4v) is 4.11. The number of amides is 1. The summed E-state index contributed by atoms with van der Waals surface area (Å²) in [4.78, 5) is 24.8. The van der Waals surface area contributed by atoms with Crippen LogP contribution >= 0.6 is 23.1 Å². The molecule has 1 aliphatic rings. The molecular weight excluding hydrogens is 378 g/mol. The Morgan fingerprint density at radius 2 is 2.07 bits per heavy atom. The van der Waals surface area contributed by atoms with Crippen LogP contribution in [0.3, 0.4) is 0 Å². The molecule has 0 spiro atoms. The van der Waals surface area contributed by atoms with Crippen LogP contribution in [-0.4, -0.2) is 48.1 Å². The second kappa shape index (κ2) is 9.68. The molecule has 0 bridgehead atoms. The van der Waals surface area contributed by atoms with E-state index in [4.69, 9.17) is 0 Å². The Balaban J connectivity index is 1.55. The van der Waals surface area contributed by atoms with Crippen LogP contribution in [0.15, 0.2) is 46.4 Å². The molecule has 8 heteroatoms. The number of unbranched alkanes of at least 4 members (excludes halogenated alkanes) is 1. The molecule has 2 heterocycles. The van der Waals surface area contributed by atoms with E-state index < -0.39 is 0 Å². The first-order chi connectivity index (χ1) is 13.1. The predicted octanol–water partition coefficient (Wildman–Crippen LogP) is 3.79. The number of para-hydroxylation sites is 1. The third-order valence-corrected chi connectivity index (χ3v) is 5.55. The lowest BCUT2D eigenvalue weighted by molar-refractivity contribution is -0.115. The smallest absolute Gasteiger partial charge is 0.264 e. The molecule has 1 saturated heterocycles. The number of aromatic nitrogens is 1. The molecule has 1 amide bonds. The number of carbonyl (C=O) groups is 1. The largest absolute Gasteiger partial charge is 0.362 e. The van der Waals surface area contributed by atoms with Crippen molar-refractivity contribution in [2.75, 3.05) is 32.5 Å². The Hall–Kier alpha value is -2.16. The number of hydrogen-bond donors (Lipinski definition) is 2. The van der Waals surface area contributed by atoms with Crippen molar-refractivity contribution in [3.05, 3.63) is 46.3 Å². The van der Waals surface area contributed by atoms with Gasteiger partial charge in [0.05, 0.1) is 15.5 Å². The van der Waals surface area contributed by atoms with Gasteiger partial charge in [0.25, 0.3) is 5.91 Å². The predicted molar refractivity (Wildman–Crippen MR) is 116 cm³/mol. The Morgan fingerprint density at radius 1 is 1.26 bits per heavy atom. The highest BCUT2D eigenvalue weighted by Crippen LogP contribution is 2.30. The van der Waals surface area contributed by atoms with E-state index in [0.717, 1.165) is 41.6 Å². The minimum atomic E-state index is -0.124. The van der Waals surface area contributed by atoms with Gasteiger partial charge in [0.15, 0.2) is 10.3 Å². The maximum atomic E-state index is 12.2. The number of aliphatic imine (C=N–C) groups is 1. The first kappa shape index (κ1) is 19.6. The highest BCUT2D eigenvalue weighted by atomic mass is 32.2. The summed E-state index contributed by atoms with van der Waals surface area (Å²) in [6.45, 7) is 2.00. The fourth-order valence-electron chi connectivity index (χ4n) is 2.41. The van der Waals surface area contributed by atoms with E-state index >= 15 is 0 Å². The normalized spacial score (nSPS) is 17.1. The average molecular weight is 402 g/mol. The van der Waals surface area contributed by atoms with E-state index in [1.807, 2.05) is 36.4 Å². The average Bonchev–Trinajstić information content (AvgIpc) is 3.22. The second-order valence-corrected chi connectivity index (χ2v) is 8.42. The Morgan fingerprint density at radius 3 is 2.85 bits per heavy atom. The van der Waals surface area contributed by atoms with E-state index in [2.05, 4.69) is 39.6 Å². The minimum Gasteiger partial charge on any atom is -0.362 e. The third kappa shape index (κ3) is 6.20. The van der Waals surface area contributed by atoms with Crippen molar-refractivity contribution >= 4 is 51.1 Å². The van der Waals surface area contributed by atoms with Gasteiger partial charge in [-0.3, -0.25) is 4.79 Å². The van der Waals surface area contributed by atoms with Crippen molar-refractivity contribution in [3.8, 4) is 0 Å². The summed E-state index contributed by atoms with van der Waals surface area (Å²) in [5.41, 5.74) is 0.820. The van der Waals surface area contributed by atoms with Gasteiger partial charge >= 0.3 is 0 Å². The number of amidine groups is 1. The van der Waals surface area contributed by atoms with Crippen LogP contribution in [0.2, 0.25) is 0 Å². The zero-order valence-corrected chi connectivity index (χ0v) is 17.1. The number of anilines is 1. The monoisotopic (exact) mass is 401 g/mol. The van der Waals surface area contributed by atoms with Gasteiger partial charge in [0.2, 0.25) is 0 Å². The zero-order chi connectivity index (χ0) is 19.1. The zero-order valence-electron chi connectivity index (χ0n) is 15.4. The maximum absolute atomic E-state index is 12.2. The maximum Gasteiger partial charge on any atom is 0.264 e. The molecule has 2 aromatic rings. The number of benzene rings is 1. The summed E-state index contributed by atoms with van der Waals surface area (Å²) in [6, 6.07) is 9.59. The van der Waals surface area contributed by atoms with Crippen molar-refractivity contribution in [2.24, 2.45) is 4.99 Å². The number of carbonyl (C=O) groups excluding carboxylic acids is 1. The molecule has 2 N–H and O–H groups in total. The Bertz CT molecular complexity index is 830. The van der Waals surface area contributed by atoms with Crippen LogP contribution in [0.5, 0.6) is 0 Å². The number of thiazole rings is 1. The lowest BCUT2D eigenvalue weighted by Crippen LogP contribution is -2.19. The summed E-state index contributed by atoms with van der Waals surface area (Å²) in [5, 5.41) is 7.63. The summed E-state index contributed by atoms with van der Waals surface area (Å²) >= 11 is 2.90. The van der Waals surface area contributed by atoms with E-state index in [0.29, 0.717) is 10.1 Å². The van der Waals surface area contributed by atoms with Gasteiger partial charge in [-0.25, -0.2) is 9.98 Å². The van der Waals surface area contributed by atoms with Gasteiger partial charge in [0.1, 0.15) is 0 Å². The van der Waals surface area contributed by atoms with Crippen LogP contribution in [0.25, 0.3) is 6.08 Å². The summed E-state index contributed by atoms with van der Waals surface area (Å²) in [7, 11) is 4.17. The van der Waals surface area contributed by atoms with E-state index in [1.54, 1.807) is 17.5 Å². The summed E-state index contributed by atoms with van der Waals surface area (Å²) in [6.07, 6.45) is 5.91. The van der Waals surface area contributed by atoms with Crippen molar-refractivity contribution < 1.29 is 4.79 Å². The van der Waals surface area contributed by atoms with E-state index in [1.165, 1.54) is 11.8 Å². The molecule has 0 aliphatic carbocycles. The highest BCUT2D eigenvalue weighted by Gasteiger charge is 2.24. The summed E-state index contributed by atoms with van der Waals surface area (Å²) < 4.78 is 0. The molecule has 1 aromatic heterocycles. The van der Waals surface area contributed by atoms with Gasteiger partial charge in [-0.1, -0.05) is 29.5 Å². The van der Waals surface area contributed by atoms with Crippen molar-refractivity contribution in [1.82, 2.24) is 15.2 Å². The fraction of sp³-hybridized carbons (Fsp3) is 0.316. The Kier molecular flexibility index (Phi) is 7.03. The number of thioether (sulfide) groups is 1. The first-order valence-corrected chi connectivity index (χ1v) is 10.4. The molecular formula is C19H23N5OS2. The van der Waals surface area contributed by atoms with Crippen molar-refractivity contribution in [3.63, 3.8) is 0 Å². The van der Waals surface area contributed by atoms with Crippen LogP contribution in [0, 0.1) is 0 Å². The molecule has 142 valence electrons. The molecule has 0 saturated carbocycles. The lowest BCUT2D eigenvalue weighted by atomic mass is 10.3. The van der Waals surface area contributed by atoms with Gasteiger partial charge in [-0.2, -0.15) is 0 Å². The number of nitrogens with one attached hydrogen (secondary N) is 2. The molecule has 3 rings (SSSR count). The number of hydrogen-bond acceptors (Lipinski definition) is 7. The SMILES string of the molecule is CN(C)CCCCNc1ncc(/C=C2\SC(=Nc3ccccc3)NC2=O)s1. The van der Waals surface area contributed by atoms with Crippen LogP contribution in [0.4, 0.5) is 10.8 Å². The minimum absolute atomic E-state index is 0.124. The van der Waals surface area contributed by atoms with Crippen LogP contribution in [-0.2, 0) is 4.79 Å². The third-order valence-electron chi connectivity index (χ3n) is 3.74. The van der Waals surface area contributed by atoms with Gasteiger partial charge in [-0.15, -0.1) is 0 Å². The van der Waals surface area contributed by atoms with E-state index in [-0.39, 0.29) is 5.91 Å². The van der Waals surface area contributed by atoms with Crippen molar-refractivity contribution in [1.29, 1.82) is 0 Å². The first-order valence-electron chi connectivity index (χ1n) is 8.79. The Labute approximate surface area is 167 Å². The molecule has 0 atom stereocenters. The van der Waals surface area contributed by atoms with Gasteiger partial charge in [0, 0.05) is 12.7 Å². The topological polar surface area (TPSA) is 69.6 Å². The lowest BCUT2D eigenvalue weighted by Gasteiger charge is -2.08. The molecule has 27 heavy (non-hydrogen) atoms. The number of nitrogens with zero attached hydrogens (tertiary/aromatic N) is 3. The van der Waals surface area contributed by atoms with Crippen molar-refractivity contribution in [2.45, 2.75) is 12.8 Å². The standard InChI is InChI=1S/C19H23N5OS2/c1-24(2)11-7-6-10-20-18-21-13-15(26-18)12-16-17(25)23-19(27-16)22-14-8-4-3-5-9-14/h3-5,8-9,12-13H,6-7,10-11H2,1-2H3,(H,20,21)(H,22,23,25)/b16-12-. The van der Waals surface area contributed by atoms with Gasteiger partial charge in [-0.05, 0) is 63.5 Å². The second-order valence-electron chi connectivity index (χ2n) is 6.32.